The number of halogens is 2. The van der Waals surface area contributed by atoms with E-state index in [0.29, 0.717) is 0 Å². The first kappa shape index (κ1) is 15.2. The van der Waals surface area contributed by atoms with Gasteiger partial charge in [0.2, 0.25) is 0 Å². The van der Waals surface area contributed by atoms with Gasteiger partial charge in [-0.15, -0.1) is 0 Å². The van der Waals surface area contributed by atoms with Gasteiger partial charge in [0.25, 0.3) is 6.43 Å². The Morgan fingerprint density at radius 3 is 2.37 bits per heavy atom. The lowest BCUT2D eigenvalue weighted by molar-refractivity contribution is -0.138. The van der Waals surface area contributed by atoms with Crippen molar-refractivity contribution in [1.29, 1.82) is 0 Å². The molecule has 0 aliphatic rings. The molecule has 0 aromatic heterocycles. The number of carbonyl (C=O) groups is 1. The quantitative estimate of drug-likeness (QED) is 0.826. The lowest BCUT2D eigenvalue weighted by Crippen LogP contribution is -2.22. The number of rotatable bonds is 6. The average molecular weight is 275 g/mol. The molecule has 0 heterocycles. The van der Waals surface area contributed by atoms with E-state index >= 15 is 0 Å². The van der Waals surface area contributed by atoms with Crippen molar-refractivity contribution in [3.05, 3.63) is 23.3 Å². The van der Waals surface area contributed by atoms with Crippen LogP contribution in [0, 0.1) is 0 Å². The van der Waals surface area contributed by atoms with Crippen molar-refractivity contribution in [2.45, 2.75) is 12.3 Å². The topological polar surface area (TPSA) is 81.8 Å². The third-order valence-electron chi connectivity index (χ3n) is 2.69. The minimum Gasteiger partial charge on any atom is -0.493 e. The number of nitrogens with two attached hydrogens (primary N) is 1. The van der Waals surface area contributed by atoms with Gasteiger partial charge in [-0.2, -0.15) is 0 Å². The molecule has 0 saturated carbocycles. The third kappa shape index (κ3) is 3.11. The summed E-state index contributed by atoms with van der Waals surface area (Å²) in [5.41, 5.74) is 5.12. The van der Waals surface area contributed by atoms with E-state index in [1.165, 1.54) is 14.2 Å². The van der Waals surface area contributed by atoms with Gasteiger partial charge in [0, 0.05) is 17.7 Å². The largest absolute Gasteiger partial charge is 0.493 e. The second kappa shape index (κ2) is 6.33. The standard InChI is InChI=1S/C12H15F2NO4/c1-18-9-4-6(11(13)14)3-7(10(9)19-2)8(5-15)12(16)17/h3-4,8,11H,5,15H2,1-2H3,(H,16,17). The van der Waals surface area contributed by atoms with Crippen LogP contribution in [0.2, 0.25) is 0 Å². The second-order valence-corrected chi connectivity index (χ2v) is 3.77. The van der Waals surface area contributed by atoms with Crippen molar-refractivity contribution in [3.63, 3.8) is 0 Å². The molecule has 1 unspecified atom stereocenters. The van der Waals surface area contributed by atoms with Crippen molar-refractivity contribution < 1.29 is 28.2 Å². The van der Waals surface area contributed by atoms with E-state index in [9.17, 15) is 13.6 Å². The number of carboxylic acid groups (broad SMARTS) is 1. The molecule has 3 N–H and O–H groups in total. The fraction of sp³-hybridized carbons (Fsp3) is 0.417. The number of ether oxygens (including phenoxy) is 2. The van der Waals surface area contributed by atoms with E-state index in [2.05, 4.69) is 0 Å². The van der Waals surface area contributed by atoms with E-state index in [0.717, 1.165) is 12.1 Å². The fourth-order valence-corrected chi connectivity index (χ4v) is 1.76. The van der Waals surface area contributed by atoms with Gasteiger partial charge in [-0.1, -0.05) is 0 Å². The SMILES string of the molecule is COc1cc(C(F)F)cc(C(CN)C(=O)O)c1OC. The Morgan fingerprint density at radius 2 is 2.00 bits per heavy atom. The van der Waals surface area contributed by atoms with Crippen LogP contribution in [0.3, 0.4) is 0 Å². The van der Waals surface area contributed by atoms with Gasteiger partial charge in [-0.05, 0) is 12.1 Å². The first-order valence-corrected chi connectivity index (χ1v) is 5.43. The Bertz CT molecular complexity index is 465. The van der Waals surface area contributed by atoms with Crippen LogP contribution < -0.4 is 15.2 Å². The van der Waals surface area contributed by atoms with Crippen LogP contribution in [0.15, 0.2) is 12.1 Å². The van der Waals surface area contributed by atoms with E-state index in [1.807, 2.05) is 0 Å². The molecule has 19 heavy (non-hydrogen) atoms. The molecule has 0 bridgehead atoms. The number of methoxy groups -OCH3 is 2. The third-order valence-corrected chi connectivity index (χ3v) is 2.69. The van der Waals surface area contributed by atoms with Gasteiger partial charge in [0.05, 0.1) is 20.1 Å². The molecule has 0 fully saturated rings. The Morgan fingerprint density at radius 1 is 1.37 bits per heavy atom. The lowest BCUT2D eigenvalue weighted by Gasteiger charge is -2.18. The van der Waals surface area contributed by atoms with Gasteiger partial charge < -0.3 is 20.3 Å². The van der Waals surface area contributed by atoms with E-state index in [1.54, 1.807) is 0 Å². The maximum atomic E-state index is 12.8. The van der Waals surface area contributed by atoms with Crippen LogP contribution in [-0.2, 0) is 4.79 Å². The molecule has 0 spiro atoms. The van der Waals surface area contributed by atoms with Gasteiger partial charge in [0.1, 0.15) is 0 Å². The predicted molar refractivity (Wildman–Crippen MR) is 63.9 cm³/mol. The first-order valence-electron chi connectivity index (χ1n) is 5.43. The Labute approximate surface area is 108 Å². The monoisotopic (exact) mass is 275 g/mol. The van der Waals surface area contributed by atoms with Gasteiger partial charge >= 0.3 is 5.97 Å². The number of hydrogen-bond donors (Lipinski definition) is 2. The van der Waals surface area contributed by atoms with Crippen LogP contribution in [0.1, 0.15) is 23.5 Å². The van der Waals surface area contributed by atoms with Crippen molar-refractivity contribution >= 4 is 5.97 Å². The summed E-state index contributed by atoms with van der Waals surface area (Å²) in [7, 11) is 2.59. The van der Waals surface area contributed by atoms with Crippen molar-refractivity contribution in [2.75, 3.05) is 20.8 Å². The minimum absolute atomic E-state index is 0.0509. The molecule has 1 rings (SSSR count). The zero-order valence-electron chi connectivity index (χ0n) is 10.5. The van der Waals surface area contributed by atoms with Gasteiger partial charge in [-0.3, -0.25) is 4.79 Å². The predicted octanol–water partition coefficient (Wildman–Crippen LogP) is 1.77. The summed E-state index contributed by atoms with van der Waals surface area (Å²) < 4.78 is 35.6. The molecule has 5 nitrogen and oxygen atoms in total. The summed E-state index contributed by atoms with van der Waals surface area (Å²) in [6.45, 7) is -0.235. The maximum absolute atomic E-state index is 12.8. The number of hydrogen-bond acceptors (Lipinski definition) is 4. The maximum Gasteiger partial charge on any atom is 0.312 e. The molecule has 1 aromatic carbocycles. The van der Waals surface area contributed by atoms with Crippen molar-refractivity contribution in [1.82, 2.24) is 0 Å². The van der Waals surface area contributed by atoms with E-state index in [-0.39, 0.29) is 29.2 Å². The zero-order valence-corrected chi connectivity index (χ0v) is 10.5. The summed E-state index contributed by atoms with van der Waals surface area (Å²) in [4.78, 5) is 11.1. The van der Waals surface area contributed by atoms with Crippen LogP contribution in [0.5, 0.6) is 11.5 Å². The first-order chi connectivity index (χ1) is 8.96. The molecule has 0 saturated heterocycles. The van der Waals surface area contributed by atoms with Crippen LogP contribution in [0.4, 0.5) is 8.78 Å². The summed E-state index contributed by atoms with van der Waals surface area (Å²) in [5.74, 6) is -2.20. The second-order valence-electron chi connectivity index (χ2n) is 3.77. The smallest absolute Gasteiger partial charge is 0.312 e. The minimum atomic E-state index is -2.74. The fourth-order valence-electron chi connectivity index (χ4n) is 1.76. The summed E-state index contributed by atoms with van der Waals surface area (Å²) in [5, 5.41) is 9.08. The Kier molecular flexibility index (Phi) is 5.05. The zero-order chi connectivity index (χ0) is 14.6. The highest BCUT2D eigenvalue weighted by Crippen LogP contribution is 2.39. The molecule has 7 heteroatoms. The van der Waals surface area contributed by atoms with Crippen LogP contribution in [-0.4, -0.2) is 31.8 Å². The Hall–Kier alpha value is -1.89. The molecule has 1 aromatic rings. The number of aliphatic carboxylic acids is 1. The van der Waals surface area contributed by atoms with E-state index in [4.69, 9.17) is 20.3 Å². The highest BCUT2D eigenvalue weighted by molar-refractivity contribution is 5.78. The molecule has 0 aliphatic carbocycles. The van der Waals surface area contributed by atoms with Gasteiger partial charge in [0.15, 0.2) is 11.5 Å². The molecule has 0 amide bonds. The lowest BCUT2D eigenvalue weighted by atomic mass is 9.95. The van der Waals surface area contributed by atoms with Crippen molar-refractivity contribution in [2.24, 2.45) is 5.73 Å². The number of benzene rings is 1. The molecular formula is C12H15F2NO4. The van der Waals surface area contributed by atoms with Crippen LogP contribution >= 0.6 is 0 Å². The summed E-state index contributed by atoms with van der Waals surface area (Å²) >= 11 is 0. The summed E-state index contributed by atoms with van der Waals surface area (Å²) in [6, 6.07) is 2.19. The van der Waals surface area contributed by atoms with Gasteiger partial charge in [-0.25, -0.2) is 8.78 Å². The molecule has 0 aliphatic heterocycles. The molecular weight excluding hydrogens is 260 g/mol. The van der Waals surface area contributed by atoms with Crippen LogP contribution in [0.25, 0.3) is 0 Å². The molecule has 1 atom stereocenters. The summed E-state index contributed by atoms with van der Waals surface area (Å²) in [6.07, 6.45) is -2.74. The number of alkyl halides is 2. The average Bonchev–Trinajstić information content (AvgIpc) is 2.37. The molecule has 106 valence electrons. The van der Waals surface area contributed by atoms with Crippen molar-refractivity contribution in [3.8, 4) is 11.5 Å². The van der Waals surface area contributed by atoms with E-state index < -0.39 is 18.3 Å². The highest BCUT2D eigenvalue weighted by Gasteiger charge is 2.26. The number of carboxylic acids is 1. The highest BCUT2D eigenvalue weighted by atomic mass is 19.3. The molecule has 0 radical (unpaired) electrons. The normalized spacial score (nSPS) is 12.3. The Balaban J connectivity index is 3.48.